The third kappa shape index (κ3) is 1.99. The third-order valence-corrected chi connectivity index (χ3v) is 1.96. The van der Waals surface area contributed by atoms with Crippen LogP contribution in [0.25, 0.3) is 0 Å². The first-order chi connectivity index (χ1) is 7.27. The molecule has 1 heterocycles. The van der Waals surface area contributed by atoms with Crippen molar-refractivity contribution >= 4 is 5.78 Å². The summed E-state index contributed by atoms with van der Waals surface area (Å²) in [6.07, 6.45) is 1.34. The van der Waals surface area contributed by atoms with E-state index in [0.29, 0.717) is 11.1 Å². The number of carbonyl (C=O) groups is 1. The maximum Gasteiger partial charge on any atom is 0.264 e. The SMILES string of the molecule is O=C(c1ccccc1)c1cn[nH]c(=O)c1. The molecule has 2 aromatic rings. The van der Waals surface area contributed by atoms with Gasteiger partial charge in [0, 0.05) is 17.2 Å². The highest BCUT2D eigenvalue weighted by Crippen LogP contribution is 2.05. The number of hydrogen-bond acceptors (Lipinski definition) is 3. The predicted octanol–water partition coefficient (Wildman–Crippen LogP) is 1.00. The molecule has 4 heteroatoms. The van der Waals surface area contributed by atoms with Crippen molar-refractivity contribution in [2.24, 2.45) is 0 Å². The van der Waals surface area contributed by atoms with E-state index in [1.54, 1.807) is 24.3 Å². The van der Waals surface area contributed by atoms with Crippen molar-refractivity contribution in [2.45, 2.75) is 0 Å². The van der Waals surface area contributed by atoms with E-state index in [0.717, 1.165) is 0 Å². The first-order valence-corrected chi connectivity index (χ1v) is 4.42. The molecule has 2 rings (SSSR count). The van der Waals surface area contributed by atoms with Gasteiger partial charge in [0.05, 0.1) is 6.20 Å². The van der Waals surface area contributed by atoms with Crippen molar-refractivity contribution in [2.75, 3.05) is 0 Å². The molecule has 15 heavy (non-hydrogen) atoms. The van der Waals surface area contributed by atoms with E-state index >= 15 is 0 Å². The Morgan fingerprint density at radius 3 is 2.53 bits per heavy atom. The molecule has 0 radical (unpaired) electrons. The van der Waals surface area contributed by atoms with Gasteiger partial charge in [-0.15, -0.1) is 0 Å². The molecule has 0 amide bonds. The molecule has 0 aliphatic rings. The Labute approximate surface area is 85.6 Å². The molecular formula is C11H8N2O2. The molecule has 1 aromatic heterocycles. The maximum atomic E-state index is 11.8. The molecule has 74 valence electrons. The van der Waals surface area contributed by atoms with Gasteiger partial charge in [-0.2, -0.15) is 5.10 Å². The van der Waals surface area contributed by atoms with Gasteiger partial charge < -0.3 is 0 Å². The number of H-pyrrole nitrogens is 1. The molecule has 0 bridgehead atoms. The summed E-state index contributed by atoms with van der Waals surface area (Å²) in [6.45, 7) is 0. The van der Waals surface area contributed by atoms with Crippen LogP contribution in [0.1, 0.15) is 15.9 Å². The van der Waals surface area contributed by atoms with E-state index < -0.39 is 0 Å². The summed E-state index contributed by atoms with van der Waals surface area (Å²) < 4.78 is 0. The number of benzene rings is 1. The summed E-state index contributed by atoms with van der Waals surface area (Å²) in [7, 11) is 0. The zero-order chi connectivity index (χ0) is 10.7. The van der Waals surface area contributed by atoms with Gasteiger partial charge in [-0.3, -0.25) is 9.59 Å². The molecular weight excluding hydrogens is 192 g/mol. The molecule has 1 N–H and O–H groups in total. The fourth-order valence-corrected chi connectivity index (χ4v) is 1.26. The highest BCUT2D eigenvalue weighted by atomic mass is 16.1. The summed E-state index contributed by atoms with van der Waals surface area (Å²) in [5.74, 6) is -0.200. The van der Waals surface area contributed by atoms with Gasteiger partial charge in [0.2, 0.25) is 0 Å². The van der Waals surface area contributed by atoms with E-state index in [1.807, 2.05) is 6.07 Å². The summed E-state index contributed by atoms with van der Waals surface area (Å²) >= 11 is 0. The minimum Gasteiger partial charge on any atom is -0.289 e. The van der Waals surface area contributed by atoms with E-state index in [4.69, 9.17) is 0 Å². The molecule has 0 fully saturated rings. The lowest BCUT2D eigenvalue weighted by Gasteiger charge is -1.98. The molecule has 0 atom stereocenters. The van der Waals surface area contributed by atoms with Crippen molar-refractivity contribution in [3.63, 3.8) is 0 Å². The van der Waals surface area contributed by atoms with Crippen molar-refractivity contribution in [3.8, 4) is 0 Å². The smallest absolute Gasteiger partial charge is 0.264 e. The van der Waals surface area contributed by atoms with Crippen LogP contribution >= 0.6 is 0 Å². The number of nitrogens with zero attached hydrogens (tertiary/aromatic N) is 1. The largest absolute Gasteiger partial charge is 0.289 e. The van der Waals surface area contributed by atoms with Crippen LogP contribution in [0, 0.1) is 0 Å². The van der Waals surface area contributed by atoms with Crippen LogP contribution in [0.15, 0.2) is 47.4 Å². The van der Waals surface area contributed by atoms with Crippen molar-refractivity contribution in [3.05, 3.63) is 64.1 Å². The summed E-state index contributed by atoms with van der Waals surface area (Å²) in [5.41, 5.74) is 0.464. The van der Waals surface area contributed by atoms with Gasteiger partial charge in [0.1, 0.15) is 0 Å². The molecule has 0 unspecified atom stereocenters. The second-order valence-corrected chi connectivity index (χ2v) is 3.03. The van der Waals surface area contributed by atoms with Crippen LogP contribution in [0.2, 0.25) is 0 Å². The molecule has 0 saturated heterocycles. The number of ketones is 1. The van der Waals surface area contributed by atoms with Gasteiger partial charge in [0.25, 0.3) is 5.56 Å². The van der Waals surface area contributed by atoms with Crippen molar-refractivity contribution in [1.82, 2.24) is 10.2 Å². The fraction of sp³-hybridized carbons (Fsp3) is 0. The highest BCUT2D eigenvalue weighted by molar-refractivity contribution is 6.08. The van der Waals surface area contributed by atoms with Crippen LogP contribution in [0.5, 0.6) is 0 Å². The Hall–Kier alpha value is -2.23. The molecule has 0 saturated carbocycles. The zero-order valence-electron chi connectivity index (χ0n) is 7.81. The number of carbonyl (C=O) groups excluding carboxylic acids is 1. The number of aromatic nitrogens is 2. The Morgan fingerprint density at radius 1 is 1.13 bits per heavy atom. The van der Waals surface area contributed by atoms with E-state index in [1.165, 1.54) is 12.3 Å². The Kier molecular flexibility index (Phi) is 2.41. The lowest BCUT2D eigenvalue weighted by Crippen LogP contribution is -2.11. The molecule has 4 nitrogen and oxygen atoms in total. The van der Waals surface area contributed by atoms with Gasteiger partial charge in [0.15, 0.2) is 5.78 Å². The highest BCUT2D eigenvalue weighted by Gasteiger charge is 2.08. The van der Waals surface area contributed by atoms with Gasteiger partial charge in [-0.1, -0.05) is 30.3 Å². The molecule has 0 spiro atoms. The average Bonchev–Trinajstić information content (AvgIpc) is 2.29. The Balaban J connectivity index is 2.42. The van der Waals surface area contributed by atoms with Gasteiger partial charge >= 0.3 is 0 Å². The van der Waals surface area contributed by atoms with Crippen LogP contribution in [-0.2, 0) is 0 Å². The summed E-state index contributed by atoms with van der Waals surface area (Å²) in [5, 5.41) is 5.79. The predicted molar refractivity (Wildman–Crippen MR) is 54.7 cm³/mol. The lowest BCUT2D eigenvalue weighted by molar-refractivity contribution is 0.103. The first kappa shape index (κ1) is 9.33. The van der Waals surface area contributed by atoms with Crippen molar-refractivity contribution < 1.29 is 4.79 Å². The zero-order valence-corrected chi connectivity index (χ0v) is 7.81. The molecule has 0 aliphatic carbocycles. The number of hydrogen-bond donors (Lipinski definition) is 1. The van der Waals surface area contributed by atoms with Crippen LogP contribution < -0.4 is 5.56 Å². The summed E-state index contributed by atoms with van der Waals surface area (Å²) in [6, 6.07) is 10.0. The van der Waals surface area contributed by atoms with Crippen LogP contribution in [0.3, 0.4) is 0 Å². The first-order valence-electron chi connectivity index (χ1n) is 4.42. The fourth-order valence-electron chi connectivity index (χ4n) is 1.26. The van der Waals surface area contributed by atoms with Gasteiger partial charge in [-0.05, 0) is 0 Å². The Bertz CT molecular complexity index is 532. The monoisotopic (exact) mass is 200 g/mol. The normalized spacial score (nSPS) is 9.87. The van der Waals surface area contributed by atoms with Crippen LogP contribution in [0.4, 0.5) is 0 Å². The summed E-state index contributed by atoms with van der Waals surface area (Å²) in [4.78, 5) is 22.8. The topological polar surface area (TPSA) is 62.8 Å². The minimum atomic E-state index is -0.378. The standard InChI is InChI=1S/C11H8N2O2/c14-10-6-9(7-12-13-10)11(15)8-4-2-1-3-5-8/h1-7H,(H,13,14). The Morgan fingerprint density at radius 2 is 1.87 bits per heavy atom. The van der Waals surface area contributed by atoms with Crippen LogP contribution in [-0.4, -0.2) is 16.0 Å². The quantitative estimate of drug-likeness (QED) is 0.735. The van der Waals surface area contributed by atoms with Gasteiger partial charge in [-0.25, -0.2) is 5.10 Å². The molecule has 0 aliphatic heterocycles. The minimum absolute atomic E-state index is 0.200. The number of aromatic amines is 1. The number of rotatable bonds is 2. The lowest BCUT2D eigenvalue weighted by atomic mass is 10.1. The third-order valence-electron chi connectivity index (χ3n) is 1.96. The van der Waals surface area contributed by atoms with E-state index in [-0.39, 0.29) is 11.3 Å². The number of nitrogens with one attached hydrogen (secondary N) is 1. The second kappa shape index (κ2) is 3.88. The van der Waals surface area contributed by atoms with E-state index in [2.05, 4.69) is 10.2 Å². The molecule has 1 aromatic carbocycles. The maximum absolute atomic E-state index is 11.8. The van der Waals surface area contributed by atoms with E-state index in [9.17, 15) is 9.59 Å². The van der Waals surface area contributed by atoms with Crippen molar-refractivity contribution in [1.29, 1.82) is 0 Å². The second-order valence-electron chi connectivity index (χ2n) is 3.03. The average molecular weight is 200 g/mol.